The summed E-state index contributed by atoms with van der Waals surface area (Å²) in [6.07, 6.45) is 5.03. The molecule has 0 saturated carbocycles. The van der Waals surface area contributed by atoms with Crippen molar-refractivity contribution in [1.82, 2.24) is 0 Å². The van der Waals surface area contributed by atoms with E-state index in [-0.39, 0.29) is 0 Å². The van der Waals surface area contributed by atoms with E-state index in [0.717, 1.165) is 11.3 Å². The van der Waals surface area contributed by atoms with E-state index in [1.54, 1.807) is 0 Å². The second-order valence-electron chi connectivity index (χ2n) is 3.67. The molecule has 0 atom stereocenters. The van der Waals surface area contributed by atoms with E-state index in [0.29, 0.717) is 0 Å². The maximum atomic E-state index is 5.23. The molecule has 0 heterocycles. The van der Waals surface area contributed by atoms with Crippen LogP contribution in [-0.4, -0.2) is 4.86 Å². The minimum atomic E-state index is 1.01. The van der Waals surface area contributed by atoms with Gasteiger partial charge in [-0.05, 0) is 30.9 Å². The lowest BCUT2D eigenvalue weighted by molar-refractivity contribution is 0.717. The third-order valence-electron chi connectivity index (χ3n) is 2.45. The van der Waals surface area contributed by atoms with Crippen molar-refractivity contribution >= 4 is 17.1 Å². The Labute approximate surface area is 92.3 Å². The summed E-state index contributed by atoms with van der Waals surface area (Å²) in [6.45, 7) is 4.24. The smallest absolute Gasteiger partial charge is 0.0196 e. The van der Waals surface area contributed by atoms with Gasteiger partial charge in [-0.15, -0.1) is 0 Å². The summed E-state index contributed by atoms with van der Waals surface area (Å²) >= 11 is 5.23. The molecule has 0 aromatic heterocycles. The third kappa shape index (κ3) is 3.22. The predicted octanol–water partition coefficient (Wildman–Crippen LogP) is 4.16. The van der Waals surface area contributed by atoms with Crippen LogP contribution in [0.4, 0.5) is 0 Å². The van der Waals surface area contributed by atoms with Gasteiger partial charge in [0.05, 0.1) is 0 Å². The summed E-state index contributed by atoms with van der Waals surface area (Å²) < 4.78 is 0. The fraction of sp³-hybridized carbons (Fsp3) is 0.462. The van der Waals surface area contributed by atoms with E-state index < -0.39 is 0 Å². The predicted molar refractivity (Wildman–Crippen MR) is 67.0 cm³/mol. The van der Waals surface area contributed by atoms with E-state index in [2.05, 4.69) is 31.2 Å². The monoisotopic (exact) mass is 206 g/mol. The van der Waals surface area contributed by atoms with Crippen molar-refractivity contribution in [3.8, 4) is 0 Å². The van der Waals surface area contributed by atoms with Crippen LogP contribution in [0.1, 0.15) is 44.2 Å². The molecule has 0 nitrogen and oxygen atoms in total. The molecule has 0 aliphatic heterocycles. The highest BCUT2D eigenvalue weighted by molar-refractivity contribution is 7.80. The number of rotatable bonds is 5. The molecule has 0 fully saturated rings. The number of hydrogen-bond acceptors (Lipinski definition) is 1. The van der Waals surface area contributed by atoms with Crippen molar-refractivity contribution in [1.29, 1.82) is 0 Å². The topological polar surface area (TPSA) is 0 Å². The van der Waals surface area contributed by atoms with Crippen LogP contribution in [0.15, 0.2) is 24.3 Å². The van der Waals surface area contributed by atoms with Gasteiger partial charge in [-0.3, -0.25) is 0 Å². The molecular weight excluding hydrogens is 188 g/mol. The highest BCUT2D eigenvalue weighted by atomic mass is 32.1. The van der Waals surface area contributed by atoms with E-state index in [1.807, 2.05) is 6.92 Å². The fourth-order valence-corrected chi connectivity index (χ4v) is 1.85. The Bertz CT molecular complexity index is 302. The molecule has 0 aliphatic carbocycles. The molecule has 1 aromatic carbocycles. The van der Waals surface area contributed by atoms with Crippen molar-refractivity contribution in [2.24, 2.45) is 0 Å². The molecule has 1 aromatic rings. The molecule has 76 valence electrons. The van der Waals surface area contributed by atoms with Gasteiger partial charge in [0.1, 0.15) is 0 Å². The maximum absolute atomic E-state index is 5.23. The van der Waals surface area contributed by atoms with Gasteiger partial charge in [-0.2, -0.15) is 0 Å². The Hall–Kier alpha value is -0.690. The third-order valence-corrected chi connectivity index (χ3v) is 2.67. The average molecular weight is 206 g/mol. The molecule has 0 bridgehead atoms. The van der Waals surface area contributed by atoms with Crippen LogP contribution in [0, 0.1) is 0 Å². The summed E-state index contributed by atoms with van der Waals surface area (Å²) in [6, 6.07) is 8.49. The molecule has 0 N–H and O–H groups in total. The summed E-state index contributed by atoms with van der Waals surface area (Å²) in [5, 5.41) is 0. The first kappa shape index (κ1) is 11.4. The normalized spacial score (nSPS) is 10.1. The second-order valence-corrected chi connectivity index (χ2v) is 4.28. The quantitative estimate of drug-likeness (QED) is 0.396. The fourth-order valence-electron chi connectivity index (χ4n) is 1.65. The average Bonchev–Trinajstić information content (AvgIpc) is 2.19. The SMILES string of the molecule is CCCCCc1ccccc1C(C)=S. The van der Waals surface area contributed by atoms with Crippen molar-refractivity contribution < 1.29 is 0 Å². The van der Waals surface area contributed by atoms with Crippen molar-refractivity contribution in [2.45, 2.75) is 39.5 Å². The molecule has 0 unspecified atom stereocenters. The zero-order chi connectivity index (χ0) is 10.4. The maximum Gasteiger partial charge on any atom is 0.0196 e. The molecule has 1 heteroatoms. The van der Waals surface area contributed by atoms with Crippen LogP contribution >= 0.6 is 12.2 Å². The summed E-state index contributed by atoms with van der Waals surface area (Å²) in [4.78, 5) is 1.01. The van der Waals surface area contributed by atoms with Crippen molar-refractivity contribution in [3.63, 3.8) is 0 Å². The van der Waals surface area contributed by atoms with Crippen LogP contribution in [0.5, 0.6) is 0 Å². The molecule has 0 saturated heterocycles. The summed E-state index contributed by atoms with van der Waals surface area (Å²) in [7, 11) is 0. The van der Waals surface area contributed by atoms with E-state index in [9.17, 15) is 0 Å². The first-order chi connectivity index (χ1) is 6.75. The van der Waals surface area contributed by atoms with Gasteiger partial charge < -0.3 is 0 Å². The molecule has 0 radical (unpaired) electrons. The molecule has 1 rings (SSSR count). The van der Waals surface area contributed by atoms with Crippen molar-refractivity contribution in [3.05, 3.63) is 35.4 Å². The molecule has 14 heavy (non-hydrogen) atoms. The van der Waals surface area contributed by atoms with E-state index in [1.165, 1.54) is 30.4 Å². The Balaban J connectivity index is 2.69. The summed E-state index contributed by atoms with van der Waals surface area (Å²) in [5.41, 5.74) is 2.67. The number of aryl methyl sites for hydroxylation is 1. The Kier molecular flexibility index (Phi) is 4.81. The van der Waals surface area contributed by atoms with Gasteiger partial charge in [0.15, 0.2) is 0 Å². The van der Waals surface area contributed by atoms with Crippen LogP contribution in [-0.2, 0) is 6.42 Å². The second kappa shape index (κ2) is 5.92. The van der Waals surface area contributed by atoms with Crippen molar-refractivity contribution in [2.75, 3.05) is 0 Å². The van der Waals surface area contributed by atoms with Gasteiger partial charge in [-0.25, -0.2) is 0 Å². The lowest BCUT2D eigenvalue weighted by atomic mass is 10.00. The minimum Gasteiger partial charge on any atom is -0.0846 e. The Morgan fingerprint density at radius 1 is 1.21 bits per heavy atom. The Morgan fingerprint density at radius 2 is 1.93 bits per heavy atom. The van der Waals surface area contributed by atoms with Gasteiger partial charge in [0.25, 0.3) is 0 Å². The molecular formula is C13H18S. The minimum absolute atomic E-state index is 1.01. The van der Waals surface area contributed by atoms with Gasteiger partial charge in [-0.1, -0.05) is 56.2 Å². The van der Waals surface area contributed by atoms with Crippen LogP contribution in [0.2, 0.25) is 0 Å². The van der Waals surface area contributed by atoms with Gasteiger partial charge in [0, 0.05) is 4.86 Å². The number of benzene rings is 1. The largest absolute Gasteiger partial charge is 0.0846 e. The molecule has 0 spiro atoms. The highest BCUT2D eigenvalue weighted by Gasteiger charge is 2.02. The zero-order valence-electron chi connectivity index (χ0n) is 9.05. The van der Waals surface area contributed by atoms with Crippen LogP contribution in [0.3, 0.4) is 0 Å². The first-order valence-corrected chi connectivity index (χ1v) is 5.75. The number of unbranched alkanes of at least 4 members (excludes halogenated alkanes) is 2. The Morgan fingerprint density at radius 3 is 2.57 bits per heavy atom. The van der Waals surface area contributed by atoms with Gasteiger partial charge in [0.2, 0.25) is 0 Å². The number of thiocarbonyl (C=S) groups is 1. The van der Waals surface area contributed by atoms with E-state index in [4.69, 9.17) is 12.2 Å². The molecule has 0 aliphatic rings. The van der Waals surface area contributed by atoms with Crippen LogP contribution in [0.25, 0.3) is 0 Å². The highest BCUT2D eigenvalue weighted by Crippen LogP contribution is 2.13. The van der Waals surface area contributed by atoms with E-state index >= 15 is 0 Å². The first-order valence-electron chi connectivity index (χ1n) is 5.34. The number of hydrogen-bond donors (Lipinski definition) is 0. The zero-order valence-corrected chi connectivity index (χ0v) is 9.86. The lowest BCUT2D eigenvalue weighted by Crippen LogP contribution is -1.98. The van der Waals surface area contributed by atoms with Gasteiger partial charge >= 0.3 is 0 Å². The lowest BCUT2D eigenvalue weighted by Gasteiger charge is -2.07. The summed E-state index contributed by atoms with van der Waals surface area (Å²) in [5.74, 6) is 0. The van der Waals surface area contributed by atoms with Crippen LogP contribution < -0.4 is 0 Å². The molecule has 0 amide bonds. The standard InChI is InChI=1S/C13H18S/c1-3-4-5-8-12-9-6-7-10-13(12)11(2)14/h6-7,9-10H,3-5,8H2,1-2H3.